The molecule has 0 saturated carbocycles. The fraction of sp³-hybridized carbons (Fsp3) is 0.520. The molecule has 2 aromatic rings. The topological polar surface area (TPSA) is 40.2 Å². The van der Waals surface area contributed by atoms with Gasteiger partial charge >= 0.3 is 0 Å². The Morgan fingerprint density at radius 3 is 1.57 bits per heavy atom. The maximum atomic E-state index is 5.80. The molecule has 166 valence electrons. The molecular formula is C25H37NO4. The van der Waals surface area contributed by atoms with Gasteiger partial charge in [0, 0.05) is 25.0 Å². The van der Waals surface area contributed by atoms with Gasteiger partial charge in [-0.15, -0.1) is 0 Å². The number of anilines is 2. The molecule has 0 aliphatic rings. The van der Waals surface area contributed by atoms with Gasteiger partial charge in [0.1, 0.15) is 11.5 Å². The van der Waals surface area contributed by atoms with Crippen LogP contribution in [0.1, 0.15) is 39.5 Å². The van der Waals surface area contributed by atoms with Gasteiger partial charge in [-0.1, -0.05) is 26.7 Å². The summed E-state index contributed by atoms with van der Waals surface area (Å²) in [5.74, 6) is 1.81. The van der Waals surface area contributed by atoms with Crippen molar-refractivity contribution in [1.29, 1.82) is 0 Å². The molecule has 2 rings (SSSR count). The van der Waals surface area contributed by atoms with E-state index in [1.54, 1.807) is 7.11 Å². The second-order valence-electron chi connectivity index (χ2n) is 7.15. The van der Waals surface area contributed by atoms with E-state index < -0.39 is 0 Å². The van der Waals surface area contributed by atoms with Crippen molar-refractivity contribution >= 4 is 11.4 Å². The Labute approximate surface area is 181 Å². The van der Waals surface area contributed by atoms with Crippen LogP contribution >= 0.6 is 0 Å². The third-order valence-electron chi connectivity index (χ3n) is 4.72. The molecule has 0 bridgehead atoms. The van der Waals surface area contributed by atoms with Crippen LogP contribution in [-0.4, -0.2) is 46.7 Å². The minimum Gasteiger partial charge on any atom is -0.494 e. The van der Waals surface area contributed by atoms with Crippen LogP contribution < -0.4 is 14.4 Å². The molecule has 5 heteroatoms. The zero-order valence-corrected chi connectivity index (χ0v) is 18.8. The normalized spacial score (nSPS) is 10.8. The monoisotopic (exact) mass is 415 g/mol. The van der Waals surface area contributed by atoms with Crippen molar-refractivity contribution in [2.75, 3.05) is 51.6 Å². The van der Waals surface area contributed by atoms with E-state index in [0.717, 1.165) is 68.3 Å². The highest BCUT2D eigenvalue weighted by molar-refractivity contribution is 5.64. The molecule has 0 fully saturated rings. The number of nitrogens with zero attached hydrogens (tertiary/aromatic N) is 1. The van der Waals surface area contributed by atoms with Gasteiger partial charge in [0.05, 0.1) is 33.0 Å². The van der Waals surface area contributed by atoms with E-state index >= 15 is 0 Å². The summed E-state index contributed by atoms with van der Waals surface area (Å²) in [6.45, 7) is 8.41. The van der Waals surface area contributed by atoms with Gasteiger partial charge < -0.3 is 23.8 Å². The second-order valence-corrected chi connectivity index (χ2v) is 7.15. The Morgan fingerprint density at radius 2 is 1.13 bits per heavy atom. The number of hydrogen-bond acceptors (Lipinski definition) is 5. The van der Waals surface area contributed by atoms with E-state index in [9.17, 15) is 0 Å². The Balaban J connectivity index is 2.05. The van der Waals surface area contributed by atoms with Crippen molar-refractivity contribution in [3.63, 3.8) is 0 Å². The third kappa shape index (κ3) is 8.64. The average Bonchev–Trinajstić information content (AvgIpc) is 2.78. The maximum Gasteiger partial charge on any atom is 0.119 e. The number of benzene rings is 2. The highest BCUT2D eigenvalue weighted by Crippen LogP contribution is 2.28. The summed E-state index contributed by atoms with van der Waals surface area (Å²) < 4.78 is 22.4. The Morgan fingerprint density at radius 1 is 0.633 bits per heavy atom. The number of rotatable bonds is 16. The first-order valence-corrected chi connectivity index (χ1v) is 11.1. The number of hydrogen-bond donors (Lipinski definition) is 0. The highest BCUT2D eigenvalue weighted by atomic mass is 16.5. The zero-order valence-electron chi connectivity index (χ0n) is 18.8. The molecular weight excluding hydrogens is 378 g/mol. The lowest BCUT2D eigenvalue weighted by molar-refractivity contribution is 0.0747. The molecule has 5 nitrogen and oxygen atoms in total. The molecule has 0 amide bonds. The molecule has 0 aromatic heterocycles. The summed E-state index contributed by atoms with van der Waals surface area (Å²) in [6.07, 6.45) is 4.40. The smallest absolute Gasteiger partial charge is 0.119 e. The number of unbranched alkanes of at least 4 members (excludes halogenated alkanes) is 2. The fourth-order valence-corrected chi connectivity index (χ4v) is 2.92. The fourth-order valence-electron chi connectivity index (χ4n) is 2.92. The van der Waals surface area contributed by atoms with E-state index in [2.05, 4.69) is 43.0 Å². The van der Waals surface area contributed by atoms with Gasteiger partial charge in [-0.05, 0) is 61.4 Å². The van der Waals surface area contributed by atoms with Crippen molar-refractivity contribution < 1.29 is 18.9 Å². The highest BCUT2D eigenvalue weighted by Gasteiger charge is 2.10. The minimum atomic E-state index is 0.596. The predicted octanol–water partition coefficient (Wildman–Crippen LogP) is 5.85. The molecule has 0 atom stereocenters. The lowest BCUT2D eigenvalue weighted by atomic mass is 10.2. The largest absolute Gasteiger partial charge is 0.494 e. The summed E-state index contributed by atoms with van der Waals surface area (Å²) in [6, 6.07) is 16.5. The summed E-state index contributed by atoms with van der Waals surface area (Å²) in [5, 5.41) is 0. The molecule has 0 aliphatic carbocycles. The van der Waals surface area contributed by atoms with Gasteiger partial charge in [0.2, 0.25) is 0 Å². The molecule has 30 heavy (non-hydrogen) atoms. The quantitative estimate of drug-likeness (QED) is 0.322. The van der Waals surface area contributed by atoms with Crippen LogP contribution in [0.25, 0.3) is 0 Å². The lowest BCUT2D eigenvalue weighted by Crippen LogP contribution is -2.23. The van der Waals surface area contributed by atoms with E-state index in [1.165, 1.54) is 0 Å². The molecule has 0 spiro atoms. The molecule has 0 saturated heterocycles. The Hall–Kier alpha value is -2.24. The van der Waals surface area contributed by atoms with Crippen LogP contribution in [0.4, 0.5) is 11.4 Å². The van der Waals surface area contributed by atoms with E-state index in [0.29, 0.717) is 19.8 Å². The SMILES string of the molecule is CCCCOc1ccc(N(CCOCCOC)c2ccc(OCCCC)cc2)cc1. The predicted molar refractivity (Wildman–Crippen MR) is 123 cm³/mol. The van der Waals surface area contributed by atoms with Gasteiger partial charge in [-0.25, -0.2) is 0 Å². The van der Waals surface area contributed by atoms with Crippen LogP contribution in [0.3, 0.4) is 0 Å². The third-order valence-corrected chi connectivity index (χ3v) is 4.72. The van der Waals surface area contributed by atoms with Crippen LogP contribution in [-0.2, 0) is 9.47 Å². The molecule has 0 aliphatic heterocycles. The summed E-state index contributed by atoms with van der Waals surface area (Å²) in [4.78, 5) is 2.25. The lowest BCUT2D eigenvalue weighted by Gasteiger charge is -2.25. The standard InChI is InChI=1S/C25H37NO4/c1-4-6-17-29-24-12-8-22(9-13-24)26(16-19-28-21-20-27-3)23-10-14-25(15-11-23)30-18-7-5-2/h8-15H,4-7,16-21H2,1-3H3. The number of ether oxygens (including phenoxy) is 4. The average molecular weight is 416 g/mol. The molecule has 0 unspecified atom stereocenters. The Bertz CT molecular complexity index is 619. The zero-order chi connectivity index (χ0) is 21.4. The van der Waals surface area contributed by atoms with Gasteiger partial charge in [0.25, 0.3) is 0 Å². The number of methoxy groups -OCH3 is 1. The van der Waals surface area contributed by atoms with Crippen molar-refractivity contribution in [2.24, 2.45) is 0 Å². The van der Waals surface area contributed by atoms with Crippen molar-refractivity contribution in [1.82, 2.24) is 0 Å². The molecule has 2 aromatic carbocycles. The molecule has 0 radical (unpaired) electrons. The second kappa shape index (κ2) is 14.7. The first-order valence-electron chi connectivity index (χ1n) is 11.1. The maximum absolute atomic E-state index is 5.80. The minimum absolute atomic E-state index is 0.596. The van der Waals surface area contributed by atoms with Crippen LogP contribution in [0.5, 0.6) is 11.5 Å². The van der Waals surface area contributed by atoms with E-state index in [4.69, 9.17) is 18.9 Å². The van der Waals surface area contributed by atoms with E-state index in [1.807, 2.05) is 24.3 Å². The summed E-state index contributed by atoms with van der Waals surface area (Å²) in [5.41, 5.74) is 2.21. The Kier molecular flexibility index (Phi) is 11.8. The van der Waals surface area contributed by atoms with Crippen LogP contribution in [0.15, 0.2) is 48.5 Å². The van der Waals surface area contributed by atoms with Crippen molar-refractivity contribution in [2.45, 2.75) is 39.5 Å². The van der Waals surface area contributed by atoms with E-state index in [-0.39, 0.29) is 0 Å². The van der Waals surface area contributed by atoms with Gasteiger partial charge in [0.15, 0.2) is 0 Å². The summed E-state index contributed by atoms with van der Waals surface area (Å²) in [7, 11) is 1.68. The first-order chi connectivity index (χ1) is 14.8. The summed E-state index contributed by atoms with van der Waals surface area (Å²) >= 11 is 0. The van der Waals surface area contributed by atoms with Crippen LogP contribution in [0.2, 0.25) is 0 Å². The van der Waals surface area contributed by atoms with Gasteiger partial charge in [-0.2, -0.15) is 0 Å². The van der Waals surface area contributed by atoms with Crippen LogP contribution in [0, 0.1) is 0 Å². The first kappa shape index (κ1) is 24.0. The van der Waals surface area contributed by atoms with Crippen molar-refractivity contribution in [3.05, 3.63) is 48.5 Å². The van der Waals surface area contributed by atoms with Gasteiger partial charge in [-0.3, -0.25) is 0 Å². The van der Waals surface area contributed by atoms with Crippen molar-refractivity contribution in [3.8, 4) is 11.5 Å². The molecule has 0 N–H and O–H groups in total. The molecule has 0 heterocycles.